The molecule has 0 unspecified atom stereocenters. The Kier molecular flexibility index (Phi) is 6.89. The van der Waals surface area contributed by atoms with Crippen LogP contribution in [-0.2, 0) is 0 Å². The summed E-state index contributed by atoms with van der Waals surface area (Å²) in [5.74, 6) is 1.91. The maximum Gasteiger partial charge on any atom is 0.198 e. The van der Waals surface area contributed by atoms with E-state index in [0.717, 1.165) is 44.7 Å². The van der Waals surface area contributed by atoms with Crippen LogP contribution in [-0.4, -0.2) is 13.2 Å². The number of hydrogen-bond acceptors (Lipinski definition) is 5. The number of para-hydroxylation sites is 2. The van der Waals surface area contributed by atoms with Crippen molar-refractivity contribution in [1.29, 1.82) is 0 Å². The molecule has 0 aliphatic carbocycles. The number of rotatable bonds is 7. The summed E-state index contributed by atoms with van der Waals surface area (Å²) in [6.45, 7) is 1.04. The molecule has 7 rings (SSSR count). The molecule has 5 aromatic carbocycles. The van der Waals surface area contributed by atoms with E-state index >= 15 is 0 Å². The van der Waals surface area contributed by atoms with Crippen molar-refractivity contribution < 1.29 is 9.15 Å². The summed E-state index contributed by atoms with van der Waals surface area (Å²) in [7, 11) is 0. The zero-order valence-corrected chi connectivity index (χ0v) is 23.6. The van der Waals surface area contributed by atoms with Crippen LogP contribution in [0.4, 0.5) is 11.6 Å². The van der Waals surface area contributed by atoms with Crippen LogP contribution in [0.2, 0.25) is 0 Å². The van der Waals surface area contributed by atoms with Gasteiger partial charge in [0.1, 0.15) is 23.8 Å². The van der Waals surface area contributed by atoms with Crippen LogP contribution in [0.5, 0.6) is 5.75 Å². The summed E-state index contributed by atoms with van der Waals surface area (Å²) >= 11 is 0. The molecule has 1 aliphatic heterocycles. The third-order valence-corrected chi connectivity index (χ3v) is 7.88. The Morgan fingerprint density at radius 3 is 2.47 bits per heavy atom. The lowest BCUT2D eigenvalue weighted by atomic mass is 9.98. The molecule has 0 atom stereocenters. The topological polar surface area (TPSA) is 77.7 Å². The first-order valence-corrected chi connectivity index (χ1v) is 14.3. The second kappa shape index (κ2) is 11.3. The van der Waals surface area contributed by atoms with E-state index < -0.39 is 0 Å². The molecule has 210 valence electrons. The molecular weight excluding hydrogens is 530 g/mol. The van der Waals surface area contributed by atoms with E-state index in [9.17, 15) is 0 Å². The number of anilines is 2. The maximum atomic E-state index is 6.83. The first-order chi connectivity index (χ1) is 21.2. The molecular formula is C38H31N3O2. The first kappa shape index (κ1) is 26.2. The van der Waals surface area contributed by atoms with Crippen LogP contribution >= 0.6 is 0 Å². The molecule has 0 bridgehead atoms. The number of allylic oxidation sites excluding steroid dienone is 2. The van der Waals surface area contributed by atoms with E-state index in [4.69, 9.17) is 20.6 Å². The highest BCUT2D eigenvalue weighted by atomic mass is 16.5. The first-order valence-electron chi connectivity index (χ1n) is 14.3. The molecule has 5 nitrogen and oxygen atoms in total. The Bertz CT molecular complexity index is 2040. The zero-order chi connectivity index (χ0) is 29.2. The van der Waals surface area contributed by atoms with Crippen molar-refractivity contribution >= 4 is 45.0 Å². The predicted molar refractivity (Wildman–Crippen MR) is 179 cm³/mol. The van der Waals surface area contributed by atoms with E-state index in [-0.39, 0.29) is 0 Å². The van der Waals surface area contributed by atoms with Crippen molar-refractivity contribution in [2.45, 2.75) is 0 Å². The second-order valence-corrected chi connectivity index (χ2v) is 10.5. The summed E-state index contributed by atoms with van der Waals surface area (Å²) in [6, 6.07) is 39.3. The lowest BCUT2D eigenvalue weighted by molar-refractivity contribution is 0.388. The van der Waals surface area contributed by atoms with Crippen molar-refractivity contribution in [3.8, 4) is 16.9 Å². The number of ether oxygens (including phenoxy) is 1. The minimum Gasteiger partial charge on any atom is -0.488 e. The fraction of sp³-hybridized carbons (Fsp3) is 0.0526. The molecule has 4 N–H and O–H groups in total. The minimum absolute atomic E-state index is 0.398. The Morgan fingerprint density at radius 2 is 1.53 bits per heavy atom. The summed E-state index contributed by atoms with van der Waals surface area (Å²) in [4.78, 5) is 2.10. The van der Waals surface area contributed by atoms with Gasteiger partial charge in [-0.05, 0) is 52.2 Å². The standard InChI is InChI=1S/C38H31N3O2/c39-37(22-21-28-25-42-35-19-5-3-15-32(28)35)41(23-9-18-34-33-16-4-6-20-36(33)43-38(34)40)29-13-7-12-27(24-29)31-17-8-11-26-10-1-2-14-30(26)31/h1-22,24H,23,25,39-40H2/b18-9-,28-21+,37-22+. The van der Waals surface area contributed by atoms with Crippen LogP contribution in [0, 0.1) is 0 Å². The van der Waals surface area contributed by atoms with Crippen LogP contribution in [0.1, 0.15) is 11.1 Å². The molecule has 6 aromatic rings. The Balaban J connectivity index is 1.26. The van der Waals surface area contributed by atoms with Gasteiger partial charge in [-0.3, -0.25) is 0 Å². The smallest absolute Gasteiger partial charge is 0.198 e. The van der Waals surface area contributed by atoms with Gasteiger partial charge in [0, 0.05) is 34.3 Å². The molecule has 0 saturated carbocycles. The Morgan fingerprint density at radius 1 is 0.791 bits per heavy atom. The summed E-state index contributed by atoms with van der Waals surface area (Å²) in [5.41, 5.74) is 20.2. The number of nitrogens with two attached hydrogens (primary N) is 2. The Hall–Kier alpha value is -5.68. The molecule has 5 heteroatoms. The normalized spacial score (nSPS) is 14.0. The number of nitrogen functional groups attached to an aromatic ring is 1. The van der Waals surface area contributed by atoms with Gasteiger partial charge in [0.05, 0.1) is 0 Å². The molecule has 0 saturated heterocycles. The third-order valence-electron chi connectivity index (χ3n) is 7.88. The molecule has 2 heterocycles. The lowest BCUT2D eigenvalue weighted by Crippen LogP contribution is -2.27. The van der Waals surface area contributed by atoms with E-state index in [0.29, 0.717) is 24.9 Å². The number of fused-ring (bicyclic) bond motifs is 3. The average molecular weight is 562 g/mol. The predicted octanol–water partition coefficient (Wildman–Crippen LogP) is 8.63. The molecule has 0 amide bonds. The number of benzene rings is 5. The molecule has 1 aliphatic rings. The van der Waals surface area contributed by atoms with Gasteiger partial charge in [0.2, 0.25) is 0 Å². The van der Waals surface area contributed by atoms with Gasteiger partial charge in [0.25, 0.3) is 0 Å². The SMILES string of the molecule is N/C(=C\C=C1/COc2ccccc21)N(C/C=C\c1c(N)oc2ccccc12)c1cccc(-c2cccc3ccccc23)c1. The van der Waals surface area contributed by atoms with Crippen molar-refractivity contribution in [2.75, 3.05) is 23.8 Å². The average Bonchev–Trinajstić information content (AvgIpc) is 3.61. The number of nitrogens with zero attached hydrogens (tertiary/aromatic N) is 1. The molecule has 0 radical (unpaired) electrons. The third kappa shape index (κ3) is 5.13. The van der Waals surface area contributed by atoms with Crippen LogP contribution in [0.15, 0.2) is 144 Å². The second-order valence-electron chi connectivity index (χ2n) is 10.5. The van der Waals surface area contributed by atoms with Gasteiger partial charge >= 0.3 is 0 Å². The number of furan rings is 1. The van der Waals surface area contributed by atoms with Crippen LogP contribution in [0.25, 0.3) is 44.5 Å². The van der Waals surface area contributed by atoms with E-state index in [1.54, 1.807) is 0 Å². The quantitative estimate of drug-likeness (QED) is 0.204. The highest BCUT2D eigenvalue weighted by molar-refractivity contribution is 5.97. The summed E-state index contributed by atoms with van der Waals surface area (Å²) in [5, 5.41) is 3.40. The molecule has 0 spiro atoms. The van der Waals surface area contributed by atoms with Crippen LogP contribution in [0.3, 0.4) is 0 Å². The highest BCUT2D eigenvalue weighted by Gasteiger charge is 2.17. The Labute approximate surface area is 250 Å². The fourth-order valence-electron chi connectivity index (χ4n) is 5.72. The summed E-state index contributed by atoms with van der Waals surface area (Å²) < 4.78 is 11.6. The van der Waals surface area contributed by atoms with Gasteiger partial charge in [-0.15, -0.1) is 0 Å². The van der Waals surface area contributed by atoms with Crippen molar-refractivity contribution in [3.05, 3.63) is 150 Å². The number of hydrogen-bond donors (Lipinski definition) is 2. The molecule has 1 aromatic heterocycles. The zero-order valence-electron chi connectivity index (χ0n) is 23.6. The van der Waals surface area contributed by atoms with Crippen molar-refractivity contribution in [2.24, 2.45) is 5.73 Å². The maximum absolute atomic E-state index is 6.83. The van der Waals surface area contributed by atoms with Gasteiger partial charge in [-0.25, -0.2) is 0 Å². The van der Waals surface area contributed by atoms with E-state index in [1.165, 1.54) is 16.3 Å². The van der Waals surface area contributed by atoms with E-state index in [1.807, 2.05) is 60.7 Å². The highest BCUT2D eigenvalue weighted by Crippen LogP contribution is 2.34. The monoisotopic (exact) mass is 561 g/mol. The largest absolute Gasteiger partial charge is 0.488 e. The van der Waals surface area contributed by atoms with Gasteiger partial charge in [-0.1, -0.05) is 109 Å². The molecule has 43 heavy (non-hydrogen) atoms. The van der Waals surface area contributed by atoms with Gasteiger partial charge in [-0.2, -0.15) is 0 Å². The fourth-order valence-corrected chi connectivity index (χ4v) is 5.72. The molecule has 0 fully saturated rings. The van der Waals surface area contributed by atoms with E-state index in [2.05, 4.69) is 83.8 Å². The lowest BCUT2D eigenvalue weighted by Gasteiger charge is -2.24. The van der Waals surface area contributed by atoms with Gasteiger partial charge in [0.15, 0.2) is 5.88 Å². The van der Waals surface area contributed by atoms with Crippen molar-refractivity contribution in [1.82, 2.24) is 0 Å². The summed E-state index contributed by atoms with van der Waals surface area (Å²) in [6.07, 6.45) is 8.09. The van der Waals surface area contributed by atoms with Crippen molar-refractivity contribution in [3.63, 3.8) is 0 Å². The minimum atomic E-state index is 0.398. The van der Waals surface area contributed by atoms with Crippen LogP contribution < -0.4 is 21.1 Å². The van der Waals surface area contributed by atoms with Gasteiger partial charge < -0.3 is 25.5 Å².